The number of ether oxygens (including phenoxy) is 1. The molecule has 2 aromatic rings. The van der Waals surface area contributed by atoms with Crippen LogP contribution in [-0.4, -0.2) is 19.6 Å². The highest BCUT2D eigenvalue weighted by Crippen LogP contribution is 2.16. The maximum atomic E-state index is 13.6. The van der Waals surface area contributed by atoms with Crippen molar-refractivity contribution in [3.63, 3.8) is 0 Å². The molecule has 0 aliphatic heterocycles. The lowest BCUT2D eigenvalue weighted by Gasteiger charge is -2.13. The van der Waals surface area contributed by atoms with Gasteiger partial charge in [0.05, 0.1) is 13.7 Å². The average molecular weight is 329 g/mol. The topological polar surface area (TPSA) is 45.7 Å². The van der Waals surface area contributed by atoms with Crippen molar-refractivity contribution in [3.8, 4) is 5.75 Å². The molecule has 0 aliphatic carbocycles. The van der Waals surface area contributed by atoms with Crippen LogP contribution in [0.3, 0.4) is 0 Å². The molecule has 0 aromatic heterocycles. The quantitative estimate of drug-likeness (QED) is 0.631. The Morgan fingerprint density at radius 1 is 1.17 bits per heavy atom. The molecule has 0 atom stereocenters. The van der Waals surface area contributed by atoms with Crippen LogP contribution < -0.4 is 15.4 Å². The Morgan fingerprint density at radius 2 is 1.96 bits per heavy atom. The van der Waals surface area contributed by atoms with Gasteiger partial charge < -0.3 is 15.4 Å². The number of aryl methyl sites for hydroxylation is 1. The van der Waals surface area contributed by atoms with E-state index in [0.29, 0.717) is 24.6 Å². The monoisotopic (exact) mass is 329 g/mol. The standard InChI is InChI=1S/C19H24FN3O/c1-4-21-19(22-12-15-10-9-14(2)17(20)11-15)23-13-16-7-5-6-8-18(16)24-3/h5-11H,4,12-13H2,1-3H3,(H2,21,22,23). The van der Waals surface area contributed by atoms with E-state index in [-0.39, 0.29) is 5.82 Å². The zero-order chi connectivity index (χ0) is 17.4. The second kappa shape index (κ2) is 8.91. The lowest BCUT2D eigenvalue weighted by atomic mass is 10.1. The number of halogens is 1. The highest BCUT2D eigenvalue weighted by Gasteiger charge is 2.04. The van der Waals surface area contributed by atoms with Gasteiger partial charge in [-0.1, -0.05) is 30.3 Å². The fraction of sp³-hybridized carbons (Fsp3) is 0.316. The van der Waals surface area contributed by atoms with E-state index in [2.05, 4.69) is 15.6 Å². The molecule has 0 bridgehead atoms. The molecule has 0 aliphatic rings. The normalized spacial score (nSPS) is 11.2. The van der Waals surface area contributed by atoms with Gasteiger partial charge in [-0.15, -0.1) is 0 Å². The van der Waals surface area contributed by atoms with Gasteiger partial charge in [0, 0.05) is 18.7 Å². The van der Waals surface area contributed by atoms with E-state index in [1.54, 1.807) is 20.1 Å². The number of nitrogens with zero attached hydrogens (tertiary/aromatic N) is 1. The van der Waals surface area contributed by atoms with Crippen LogP contribution in [0.2, 0.25) is 0 Å². The minimum atomic E-state index is -0.199. The summed E-state index contributed by atoms with van der Waals surface area (Å²) in [6, 6.07) is 13.0. The highest BCUT2D eigenvalue weighted by molar-refractivity contribution is 5.79. The number of aliphatic imine (C=N–C) groups is 1. The number of benzene rings is 2. The van der Waals surface area contributed by atoms with Crippen molar-refractivity contribution < 1.29 is 9.13 Å². The molecule has 24 heavy (non-hydrogen) atoms. The molecule has 0 spiro atoms. The number of methoxy groups -OCH3 is 1. The van der Waals surface area contributed by atoms with Crippen molar-refractivity contribution in [1.82, 2.24) is 10.6 Å². The summed E-state index contributed by atoms with van der Waals surface area (Å²) < 4.78 is 19.0. The van der Waals surface area contributed by atoms with Crippen LogP contribution in [0.1, 0.15) is 23.6 Å². The first-order chi connectivity index (χ1) is 11.6. The predicted molar refractivity (Wildman–Crippen MR) is 95.8 cm³/mol. The molecular weight excluding hydrogens is 305 g/mol. The molecule has 2 rings (SSSR count). The van der Waals surface area contributed by atoms with Crippen LogP contribution in [0.5, 0.6) is 5.75 Å². The maximum absolute atomic E-state index is 13.6. The smallest absolute Gasteiger partial charge is 0.191 e. The molecule has 2 aromatic carbocycles. The van der Waals surface area contributed by atoms with E-state index in [0.717, 1.165) is 23.4 Å². The second-order valence-electron chi connectivity index (χ2n) is 5.44. The van der Waals surface area contributed by atoms with Gasteiger partial charge in [-0.3, -0.25) is 0 Å². The third-order valence-corrected chi connectivity index (χ3v) is 3.64. The Bertz CT molecular complexity index is 701. The summed E-state index contributed by atoms with van der Waals surface area (Å²) in [6.45, 7) is 5.52. The minimum Gasteiger partial charge on any atom is -0.496 e. The molecule has 0 fully saturated rings. The summed E-state index contributed by atoms with van der Waals surface area (Å²) in [5.41, 5.74) is 2.53. The van der Waals surface area contributed by atoms with Crippen molar-refractivity contribution >= 4 is 5.96 Å². The first-order valence-electron chi connectivity index (χ1n) is 8.03. The zero-order valence-corrected chi connectivity index (χ0v) is 14.4. The number of para-hydroxylation sites is 1. The van der Waals surface area contributed by atoms with E-state index in [9.17, 15) is 4.39 Å². The van der Waals surface area contributed by atoms with Crippen LogP contribution in [-0.2, 0) is 13.1 Å². The summed E-state index contributed by atoms with van der Waals surface area (Å²) in [4.78, 5) is 4.51. The van der Waals surface area contributed by atoms with Crippen molar-refractivity contribution in [3.05, 3.63) is 65.0 Å². The number of rotatable bonds is 6. The number of nitrogens with one attached hydrogen (secondary N) is 2. The molecule has 0 saturated heterocycles. The van der Waals surface area contributed by atoms with Gasteiger partial charge in [0.2, 0.25) is 0 Å². The highest BCUT2D eigenvalue weighted by atomic mass is 19.1. The first-order valence-corrected chi connectivity index (χ1v) is 8.03. The van der Waals surface area contributed by atoms with E-state index >= 15 is 0 Å². The van der Waals surface area contributed by atoms with Crippen LogP contribution in [0.4, 0.5) is 4.39 Å². The summed E-state index contributed by atoms with van der Waals surface area (Å²) in [6.07, 6.45) is 0. The van der Waals surface area contributed by atoms with Gasteiger partial charge in [0.1, 0.15) is 11.6 Å². The molecule has 5 heteroatoms. The van der Waals surface area contributed by atoms with Gasteiger partial charge in [0.15, 0.2) is 5.96 Å². The lowest BCUT2D eigenvalue weighted by molar-refractivity contribution is 0.409. The van der Waals surface area contributed by atoms with E-state index in [1.807, 2.05) is 37.3 Å². The summed E-state index contributed by atoms with van der Waals surface area (Å²) in [5.74, 6) is 1.32. The van der Waals surface area contributed by atoms with Crippen LogP contribution >= 0.6 is 0 Å². The van der Waals surface area contributed by atoms with Crippen molar-refractivity contribution in [2.45, 2.75) is 26.9 Å². The molecule has 2 N–H and O–H groups in total. The second-order valence-corrected chi connectivity index (χ2v) is 5.44. The minimum absolute atomic E-state index is 0.199. The first kappa shape index (κ1) is 17.8. The van der Waals surface area contributed by atoms with E-state index in [1.165, 1.54) is 6.07 Å². The number of hydrogen-bond donors (Lipinski definition) is 2. The molecule has 0 heterocycles. The van der Waals surface area contributed by atoms with Crippen LogP contribution in [0.25, 0.3) is 0 Å². The Hall–Kier alpha value is -2.56. The summed E-state index contributed by atoms with van der Waals surface area (Å²) in [5, 5.41) is 6.46. The van der Waals surface area contributed by atoms with E-state index in [4.69, 9.17) is 4.74 Å². The summed E-state index contributed by atoms with van der Waals surface area (Å²) >= 11 is 0. The van der Waals surface area contributed by atoms with Crippen molar-refractivity contribution in [1.29, 1.82) is 0 Å². The molecule has 0 unspecified atom stereocenters. The fourth-order valence-corrected chi connectivity index (χ4v) is 2.27. The Kier molecular flexibility index (Phi) is 6.61. The third kappa shape index (κ3) is 4.98. The number of hydrogen-bond acceptors (Lipinski definition) is 2. The zero-order valence-electron chi connectivity index (χ0n) is 14.4. The number of guanidine groups is 1. The Labute approximate surface area is 142 Å². The van der Waals surface area contributed by atoms with Gasteiger partial charge >= 0.3 is 0 Å². The molecule has 0 saturated carbocycles. The average Bonchev–Trinajstić information content (AvgIpc) is 2.60. The Balaban J connectivity index is 2.03. The van der Waals surface area contributed by atoms with Gasteiger partial charge in [-0.25, -0.2) is 9.38 Å². The van der Waals surface area contributed by atoms with Crippen molar-refractivity contribution in [2.75, 3.05) is 13.7 Å². The summed E-state index contributed by atoms with van der Waals surface area (Å²) in [7, 11) is 1.66. The Morgan fingerprint density at radius 3 is 2.67 bits per heavy atom. The van der Waals surface area contributed by atoms with Gasteiger partial charge in [-0.2, -0.15) is 0 Å². The lowest BCUT2D eigenvalue weighted by Crippen LogP contribution is -2.36. The third-order valence-electron chi connectivity index (χ3n) is 3.64. The molecular formula is C19H24FN3O. The van der Waals surface area contributed by atoms with E-state index < -0.39 is 0 Å². The predicted octanol–water partition coefficient (Wildman–Crippen LogP) is 3.40. The van der Waals surface area contributed by atoms with Gasteiger partial charge in [0.25, 0.3) is 0 Å². The molecule has 0 amide bonds. The van der Waals surface area contributed by atoms with Crippen LogP contribution in [0.15, 0.2) is 47.5 Å². The molecule has 128 valence electrons. The van der Waals surface area contributed by atoms with Crippen molar-refractivity contribution in [2.24, 2.45) is 4.99 Å². The fourth-order valence-electron chi connectivity index (χ4n) is 2.27. The van der Waals surface area contributed by atoms with Gasteiger partial charge in [-0.05, 0) is 37.1 Å². The maximum Gasteiger partial charge on any atom is 0.191 e. The SMILES string of the molecule is CCNC(=NCc1ccc(C)c(F)c1)NCc1ccccc1OC. The molecule has 0 radical (unpaired) electrons. The van der Waals surface area contributed by atoms with Crippen LogP contribution in [0, 0.1) is 12.7 Å². The largest absolute Gasteiger partial charge is 0.496 e. The molecule has 4 nitrogen and oxygen atoms in total.